The number of nitrogens with one attached hydrogen (secondary N) is 1. The number of allylic oxidation sites excluding steroid dienone is 6. The summed E-state index contributed by atoms with van der Waals surface area (Å²) in [5, 5.41) is 3.21. The molecule has 1 fully saturated rings. The van der Waals surface area contributed by atoms with Crippen LogP contribution in [0.1, 0.15) is 92.1 Å². The van der Waals surface area contributed by atoms with Gasteiger partial charge in [0.05, 0.1) is 23.4 Å². The molecule has 1 amide bonds. The van der Waals surface area contributed by atoms with E-state index < -0.39 is 0 Å². The topological polar surface area (TPSA) is 56.1 Å². The van der Waals surface area contributed by atoms with Gasteiger partial charge in [0.15, 0.2) is 0 Å². The van der Waals surface area contributed by atoms with Gasteiger partial charge in [0, 0.05) is 18.5 Å². The Morgan fingerprint density at radius 1 is 1.21 bits per heavy atom. The lowest BCUT2D eigenvalue weighted by molar-refractivity contribution is -0.112. The predicted molar refractivity (Wildman–Crippen MR) is 158 cm³/mol. The highest BCUT2D eigenvalue weighted by Gasteiger charge is 2.28. The summed E-state index contributed by atoms with van der Waals surface area (Å²) in [5.74, 6) is 3.04. The third-order valence-electron chi connectivity index (χ3n) is 8.12. The Morgan fingerprint density at radius 3 is 2.68 bits per heavy atom. The van der Waals surface area contributed by atoms with E-state index in [1.807, 2.05) is 19.1 Å². The predicted octanol–water partition coefficient (Wildman–Crippen LogP) is 8.46. The molecule has 204 valence electrons. The van der Waals surface area contributed by atoms with Gasteiger partial charge in [-0.25, -0.2) is 4.98 Å². The van der Waals surface area contributed by atoms with E-state index in [0.717, 1.165) is 65.9 Å². The highest BCUT2D eigenvalue weighted by molar-refractivity contribution is 6.06. The monoisotopic (exact) mass is 515 g/mol. The van der Waals surface area contributed by atoms with Crippen molar-refractivity contribution in [2.75, 3.05) is 11.9 Å². The highest BCUT2D eigenvalue weighted by atomic mass is 16.5. The normalized spacial score (nSPS) is 26.0. The number of rotatable bonds is 4. The van der Waals surface area contributed by atoms with Crippen LogP contribution in [0.25, 0.3) is 11.0 Å². The van der Waals surface area contributed by atoms with Crippen molar-refractivity contribution >= 4 is 22.9 Å². The second-order valence-electron chi connectivity index (χ2n) is 11.4. The number of nitrogens with zero attached hydrogens (tertiary/aromatic N) is 2. The van der Waals surface area contributed by atoms with E-state index in [1.165, 1.54) is 18.4 Å². The van der Waals surface area contributed by atoms with Gasteiger partial charge in [-0.3, -0.25) is 10.1 Å². The van der Waals surface area contributed by atoms with Gasteiger partial charge in [-0.2, -0.15) is 0 Å². The Hall–Kier alpha value is -3.08. The van der Waals surface area contributed by atoms with Crippen LogP contribution in [0.3, 0.4) is 0 Å². The minimum Gasteiger partial charge on any atom is -0.497 e. The number of fused-ring (bicyclic) bond motifs is 5. The number of aromatic nitrogens is 2. The van der Waals surface area contributed by atoms with Crippen LogP contribution < -0.4 is 5.32 Å². The molecular formula is C33H45N3O2. The summed E-state index contributed by atoms with van der Waals surface area (Å²) < 4.78 is 8.66. The van der Waals surface area contributed by atoms with Gasteiger partial charge >= 0.3 is 0 Å². The minimum atomic E-state index is -0.139. The maximum Gasteiger partial charge on any atom is 0.257 e. The van der Waals surface area contributed by atoms with Crippen LogP contribution in [0.2, 0.25) is 0 Å². The number of amides is 1. The standard InChI is InChI=1S/C33H45N3O2/c1-8-10-22(5)15-28-16-23(6)24(7)31(9-2)38-20-26-12-11-25(17-26)19-36-30-18-27(21(3)4)13-14-29(30)34-33(36)35-32(28)37/h10,13-16,18,21,25-26H,8-9,11-12,17,19-20H2,1-7H3,(H,34,35,37)/b22-10+,23-16+,28-15+,31-24-. The third-order valence-corrected chi connectivity index (χ3v) is 8.12. The molecule has 0 saturated heterocycles. The molecule has 0 spiro atoms. The summed E-state index contributed by atoms with van der Waals surface area (Å²) in [4.78, 5) is 18.7. The fourth-order valence-electron chi connectivity index (χ4n) is 5.76. The van der Waals surface area contributed by atoms with Gasteiger partial charge in [0.25, 0.3) is 5.91 Å². The number of carbonyl (C=O) groups is 1. The number of benzene rings is 1. The van der Waals surface area contributed by atoms with Crippen LogP contribution in [0.5, 0.6) is 0 Å². The average molecular weight is 516 g/mol. The van der Waals surface area contributed by atoms with Crippen LogP contribution in [-0.4, -0.2) is 22.1 Å². The molecule has 1 aliphatic carbocycles. The zero-order chi connectivity index (χ0) is 27.4. The molecule has 2 aliphatic rings. The van der Waals surface area contributed by atoms with Crippen LogP contribution in [0.15, 0.2) is 64.5 Å². The minimum absolute atomic E-state index is 0.139. The maximum atomic E-state index is 13.8. The van der Waals surface area contributed by atoms with Crippen molar-refractivity contribution in [3.05, 3.63) is 70.0 Å². The lowest BCUT2D eigenvalue weighted by atomic mass is 10.0. The molecule has 2 bridgehead atoms. The van der Waals surface area contributed by atoms with E-state index in [9.17, 15) is 4.79 Å². The lowest BCUT2D eigenvalue weighted by Gasteiger charge is -2.17. The zero-order valence-corrected chi connectivity index (χ0v) is 24.4. The largest absolute Gasteiger partial charge is 0.497 e. The molecule has 1 aromatic heterocycles. The van der Waals surface area contributed by atoms with E-state index >= 15 is 0 Å². The summed E-state index contributed by atoms with van der Waals surface area (Å²) in [6.07, 6.45) is 11.3. The summed E-state index contributed by atoms with van der Waals surface area (Å²) in [7, 11) is 0. The van der Waals surface area contributed by atoms with Crippen molar-refractivity contribution in [1.82, 2.24) is 9.55 Å². The summed E-state index contributed by atoms with van der Waals surface area (Å²) in [6.45, 7) is 16.5. The van der Waals surface area contributed by atoms with Crippen LogP contribution in [-0.2, 0) is 16.1 Å². The molecule has 2 heterocycles. The fraction of sp³-hybridized carbons (Fsp3) is 0.515. The van der Waals surface area contributed by atoms with Crippen molar-refractivity contribution in [1.29, 1.82) is 0 Å². The number of anilines is 1. The molecule has 5 heteroatoms. The zero-order valence-electron chi connectivity index (χ0n) is 24.4. The lowest BCUT2D eigenvalue weighted by Crippen LogP contribution is -2.19. The fourth-order valence-corrected chi connectivity index (χ4v) is 5.76. The molecular weight excluding hydrogens is 470 g/mol. The van der Waals surface area contributed by atoms with Crippen LogP contribution in [0.4, 0.5) is 5.95 Å². The van der Waals surface area contributed by atoms with E-state index in [-0.39, 0.29) is 5.91 Å². The SMILES string of the molecule is CC/C=C(C)/C=C1\C=C(C)\C(C)=C(\CC)OCC2CCC(C2)Cn2c(nc3ccc(C(C)C)cc32)NC1=O. The van der Waals surface area contributed by atoms with Crippen molar-refractivity contribution in [3.63, 3.8) is 0 Å². The van der Waals surface area contributed by atoms with Gasteiger partial charge in [-0.05, 0) is 105 Å². The summed E-state index contributed by atoms with van der Waals surface area (Å²) in [5.41, 5.74) is 7.16. The van der Waals surface area contributed by atoms with Gasteiger partial charge in [-0.15, -0.1) is 0 Å². The molecule has 1 aromatic carbocycles. The van der Waals surface area contributed by atoms with Crippen LogP contribution >= 0.6 is 0 Å². The van der Waals surface area contributed by atoms with Gasteiger partial charge in [0.1, 0.15) is 0 Å². The van der Waals surface area contributed by atoms with E-state index in [1.54, 1.807) is 0 Å². The molecule has 1 N–H and O–H groups in total. The Labute approximate surface area is 228 Å². The smallest absolute Gasteiger partial charge is 0.257 e. The Morgan fingerprint density at radius 2 is 1.97 bits per heavy atom. The molecule has 2 aromatic rings. The van der Waals surface area contributed by atoms with E-state index in [0.29, 0.717) is 29.3 Å². The van der Waals surface area contributed by atoms with Gasteiger partial charge < -0.3 is 9.30 Å². The third kappa shape index (κ3) is 6.31. The first-order valence-corrected chi connectivity index (χ1v) is 14.4. The number of imidazole rings is 1. The van der Waals surface area contributed by atoms with Crippen molar-refractivity contribution in [2.45, 2.75) is 93.0 Å². The van der Waals surface area contributed by atoms with E-state index in [4.69, 9.17) is 9.72 Å². The first-order chi connectivity index (χ1) is 18.2. The quantitative estimate of drug-likeness (QED) is 0.416. The molecule has 0 radical (unpaired) electrons. The molecule has 1 aliphatic heterocycles. The first-order valence-electron chi connectivity index (χ1n) is 14.4. The summed E-state index contributed by atoms with van der Waals surface area (Å²) >= 11 is 0. The first kappa shape index (κ1) is 27.9. The Kier molecular flexibility index (Phi) is 8.96. The number of ether oxygens (including phenoxy) is 1. The van der Waals surface area contributed by atoms with E-state index in [2.05, 4.69) is 75.7 Å². The number of hydrogen-bond acceptors (Lipinski definition) is 3. The Bertz CT molecular complexity index is 1300. The number of hydrogen-bond donors (Lipinski definition) is 1. The van der Waals surface area contributed by atoms with Gasteiger partial charge in [0.2, 0.25) is 5.95 Å². The molecule has 1 saturated carbocycles. The molecule has 4 rings (SSSR count). The van der Waals surface area contributed by atoms with Crippen LogP contribution in [0, 0.1) is 11.8 Å². The van der Waals surface area contributed by atoms with Crippen molar-refractivity contribution in [2.24, 2.45) is 11.8 Å². The number of carbonyl (C=O) groups excluding carboxylic acids is 1. The highest BCUT2D eigenvalue weighted by Crippen LogP contribution is 2.36. The van der Waals surface area contributed by atoms with Gasteiger partial charge in [-0.1, -0.05) is 45.4 Å². The maximum absolute atomic E-state index is 13.8. The second kappa shape index (κ2) is 12.2. The average Bonchev–Trinajstić information content (AvgIpc) is 3.47. The van der Waals surface area contributed by atoms with Crippen molar-refractivity contribution in [3.8, 4) is 0 Å². The van der Waals surface area contributed by atoms with Crippen molar-refractivity contribution < 1.29 is 9.53 Å². The molecule has 38 heavy (non-hydrogen) atoms. The summed E-state index contributed by atoms with van der Waals surface area (Å²) in [6, 6.07) is 6.50. The molecule has 2 unspecified atom stereocenters. The molecule has 2 atom stereocenters. The second-order valence-corrected chi connectivity index (χ2v) is 11.4. The Balaban J connectivity index is 1.85. The molecule has 5 nitrogen and oxygen atoms in total.